The van der Waals surface area contributed by atoms with E-state index in [1.54, 1.807) is 19.1 Å². The van der Waals surface area contributed by atoms with Crippen molar-refractivity contribution in [1.29, 1.82) is 5.26 Å². The van der Waals surface area contributed by atoms with Crippen molar-refractivity contribution >= 4 is 15.5 Å². The molecule has 0 saturated carbocycles. The van der Waals surface area contributed by atoms with Gasteiger partial charge in [0.25, 0.3) is 0 Å². The van der Waals surface area contributed by atoms with Gasteiger partial charge in [0, 0.05) is 18.5 Å². The van der Waals surface area contributed by atoms with E-state index < -0.39 is 21.6 Å². The summed E-state index contributed by atoms with van der Waals surface area (Å²) in [5, 5.41) is 11.5. The van der Waals surface area contributed by atoms with Crippen LogP contribution in [0.3, 0.4) is 0 Å². The summed E-state index contributed by atoms with van der Waals surface area (Å²) in [5.74, 6) is 0. The lowest BCUT2D eigenvalue weighted by atomic mass is 10.1. The Hall–Kier alpha value is -2.53. The maximum Gasteiger partial charge on any atom is 0.418 e. The molecule has 0 saturated heterocycles. The van der Waals surface area contributed by atoms with Crippen LogP contribution in [0.25, 0.3) is 0 Å². The molecule has 2 rings (SSSR count). The zero-order valence-electron chi connectivity index (χ0n) is 13.5. The van der Waals surface area contributed by atoms with Gasteiger partial charge in [-0.2, -0.15) is 18.4 Å². The number of nitrogens with one attached hydrogen (secondary N) is 1. The lowest BCUT2D eigenvalue weighted by Gasteiger charge is -2.15. The third-order valence-corrected chi connectivity index (χ3v) is 4.83. The Morgan fingerprint density at radius 3 is 2.36 bits per heavy atom. The first kappa shape index (κ1) is 18.8. The van der Waals surface area contributed by atoms with Crippen LogP contribution in [0.2, 0.25) is 0 Å². The van der Waals surface area contributed by atoms with Gasteiger partial charge >= 0.3 is 6.18 Å². The van der Waals surface area contributed by atoms with Gasteiger partial charge in [-0.15, -0.1) is 0 Å². The predicted octanol–water partition coefficient (Wildman–Crippen LogP) is 3.90. The monoisotopic (exact) mass is 368 g/mol. The molecule has 25 heavy (non-hydrogen) atoms. The Morgan fingerprint density at radius 1 is 1.16 bits per heavy atom. The molecule has 0 aromatic heterocycles. The smallest absolute Gasteiger partial charge is 0.380 e. The number of benzene rings is 2. The molecule has 2 aromatic rings. The van der Waals surface area contributed by atoms with Crippen molar-refractivity contribution in [3.05, 3.63) is 58.7 Å². The number of sulfone groups is 1. The molecule has 0 amide bonds. The first-order chi connectivity index (χ1) is 11.5. The lowest BCUT2D eigenvalue weighted by molar-refractivity contribution is -0.137. The van der Waals surface area contributed by atoms with Gasteiger partial charge in [0.1, 0.15) is 0 Å². The first-order valence-corrected chi connectivity index (χ1v) is 9.06. The van der Waals surface area contributed by atoms with Crippen molar-refractivity contribution in [1.82, 2.24) is 0 Å². The van der Waals surface area contributed by atoms with Crippen molar-refractivity contribution in [2.45, 2.75) is 24.5 Å². The van der Waals surface area contributed by atoms with E-state index in [1.165, 1.54) is 12.1 Å². The second-order valence-electron chi connectivity index (χ2n) is 5.60. The number of nitriles is 1. The van der Waals surface area contributed by atoms with Gasteiger partial charge in [-0.1, -0.05) is 12.1 Å². The molecule has 4 nitrogen and oxygen atoms in total. The Morgan fingerprint density at radius 2 is 1.84 bits per heavy atom. The number of hydrogen-bond acceptors (Lipinski definition) is 4. The van der Waals surface area contributed by atoms with Crippen LogP contribution in [0.4, 0.5) is 18.9 Å². The van der Waals surface area contributed by atoms with Gasteiger partial charge in [0.15, 0.2) is 9.84 Å². The lowest BCUT2D eigenvalue weighted by Crippen LogP contribution is -2.11. The fraction of sp³-hybridized carbons (Fsp3) is 0.235. The zero-order valence-corrected chi connectivity index (χ0v) is 14.3. The maximum absolute atomic E-state index is 13.1. The number of anilines is 1. The molecular weight excluding hydrogens is 353 g/mol. The maximum atomic E-state index is 13.1. The fourth-order valence-corrected chi connectivity index (χ4v) is 3.40. The highest BCUT2D eigenvalue weighted by molar-refractivity contribution is 7.90. The molecule has 0 spiro atoms. The third-order valence-electron chi connectivity index (χ3n) is 3.58. The number of alkyl halides is 3. The van der Waals surface area contributed by atoms with Crippen molar-refractivity contribution in [3.63, 3.8) is 0 Å². The molecule has 2 aromatic carbocycles. The molecule has 0 atom stereocenters. The Labute approximate surface area is 143 Å². The van der Waals surface area contributed by atoms with E-state index in [2.05, 4.69) is 5.32 Å². The third kappa shape index (κ3) is 4.51. The summed E-state index contributed by atoms with van der Waals surface area (Å²) in [7, 11) is -3.36. The van der Waals surface area contributed by atoms with Gasteiger partial charge in [-0.3, -0.25) is 0 Å². The average molecular weight is 368 g/mol. The molecule has 8 heteroatoms. The van der Waals surface area contributed by atoms with Crippen LogP contribution in [0.15, 0.2) is 41.3 Å². The van der Waals surface area contributed by atoms with Crippen molar-refractivity contribution in [3.8, 4) is 6.07 Å². The number of hydrogen-bond donors (Lipinski definition) is 1. The normalized spacial score (nSPS) is 11.8. The Balaban J connectivity index is 2.30. The summed E-state index contributed by atoms with van der Waals surface area (Å²) in [6, 6.07) is 9.48. The van der Waals surface area contributed by atoms with Crippen LogP contribution >= 0.6 is 0 Å². The molecule has 0 unspecified atom stereocenters. The zero-order chi connectivity index (χ0) is 18.8. The molecule has 0 heterocycles. The van der Waals surface area contributed by atoms with E-state index in [4.69, 9.17) is 5.26 Å². The van der Waals surface area contributed by atoms with Gasteiger partial charge in [-0.25, -0.2) is 8.42 Å². The van der Waals surface area contributed by atoms with E-state index >= 15 is 0 Å². The van der Waals surface area contributed by atoms with Crippen LogP contribution < -0.4 is 5.32 Å². The van der Waals surface area contributed by atoms with E-state index in [0.29, 0.717) is 11.1 Å². The second kappa shape index (κ2) is 6.76. The van der Waals surface area contributed by atoms with Crippen molar-refractivity contribution < 1.29 is 21.6 Å². The van der Waals surface area contributed by atoms with Crippen molar-refractivity contribution in [2.75, 3.05) is 11.6 Å². The summed E-state index contributed by atoms with van der Waals surface area (Å²) in [6.07, 6.45) is -3.46. The quantitative estimate of drug-likeness (QED) is 0.889. The fourth-order valence-electron chi connectivity index (χ4n) is 2.44. The van der Waals surface area contributed by atoms with Crippen LogP contribution in [0.5, 0.6) is 0 Å². The molecule has 132 valence electrons. The molecule has 1 N–H and O–H groups in total. The molecule has 0 radical (unpaired) electrons. The van der Waals surface area contributed by atoms with E-state index in [-0.39, 0.29) is 22.7 Å². The molecule has 0 aliphatic heterocycles. The van der Waals surface area contributed by atoms with Gasteiger partial charge in [0.2, 0.25) is 0 Å². The minimum atomic E-state index is -4.55. The summed E-state index contributed by atoms with van der Waals surface area (Å²) < 4.78 is 62.4. The van der Waals surface area contributed by atoms with Crippen LogP contribution in [0.1, 0.15) is 22.3 Å². The van der Waals surface area contributed by atoms with Gasteiger partial charge < -0.3 is 5.32 Å². The van der Waals surface area contributed by atoms with Gasteiger partial charge in [-0.05, 0) is 42.3 Å². The van der Waals surface area contributed by atoms with Crippen LogP contribution in [0, 0.1) is 18.3 Å². The topological polar surface area (TPSA) is 70.0 Å². The molecule has 0 bridgehead atoms. The Bertz CT molecular complexity index is 945. The van der Waals surface area contributed by atoms with Gasteiger partial charge in [0.05, 0.1) is 22.1 Å². The number of aryl methyl sites for hydroxylation is 1. The summed E-state index contributed by atoms with van der Waals surface area (Å²) >= 11 is 0. The van der Waals surface area contributed by atoms with E-state index in [9.17, 15) is 21.6 Å². The van der Waals surface area contributed by atoms with Crippen molar-refractivity contribution in [2.24, 2.45) is 0 Å². The van der Waals surface area contributed by atoms with E-state index in [1.807, 2.05) is 0 Å². The highest BCUT2D eigenvalue weighted by Crippen LogP contribution is 2.35. The highest BCUT2D eigenvalue weighted by Gasteiger charge is 2.33. The number of nitrogens with zero attached hydrogens (tertiary/aromatic N) is 1. The minimum Gasteiger partial charge on any atom is -0.380 e. The largest absolute Gasteiger partial charge is 0.418 e. The predicted molar refractivity (Wildman–Crippen MR) is 87.8 cm³/mol. The van der Waals surface area contributed by atoms with Crippen LogP contribution in [-0.4, -0.2) is 14.7 Å². The standard InChI is InChI=1S/C17H15F3N2O2S/c1-11-7-13(4-6-16(11)25(2,23)24)10-22-15-8-12(9-21)3-5-14(15)17(18,19)20/h3-8,22H,10H2,1-2H3. The Kier molecular flexibility index (Phi) is 5.09. The first-order valence-electron chi connectivity index (χ1n) is 7.17. The number of halogens is 3. The average Bonchev–Trinajstić information content (AvgIpc) is 2.50. The second-order valence-corrected chi connectivity index (χ2v) is 7.58. The SMILES string of the molecule is Cc1cc(CNc2cc(C#N)ccc2C(F)(F)F)ccc1S(C)(=O)=O. The molecule has 0 fully saturated rings. The number of rotatable bonds is 4. The summed E-state index contributed by atoms with van der Waals surface area (Å²) in [5.41, 5.74) is 0.190. The summed E-state index contributed by atoms with van der Waals surface area (Å²) in [4.78, 5) is 0.179. The summed E-state index contributed by atoms with van der Waals surface area (Å²) in [6.45, 7) is 1.68. The molecular formula is C17H15F3N2O2S. The minimum absolute atomic E-state index is 0.0584. The highest BCUT2D eigenvalue weighted by atomic mass is 32.2. The van der Waals surface area contributed by atoms with E-state index in [0.717, 1.165) is 24.5 Å². The molecule has 0 aliphatic carbocycles. The van der Waals surface area contributed by atoms with Crippen LogP contribution in [-0.2, 0) is 22.6 Å². The molecule has 0 aliphatic rings.